The number of anilines is 1. The summed E-state index contributed by atoms with van der Waals surface area (Å²) in [6.07, 6.45) is 12.1. The van der Waals surface area contributed by atoms with E-state index in [0.29, 0.717) is 17.0 Å². The van der Waals surface area contributed by atoms with Crippen molar-refractivity contribution in [3.63, 3.8) is 0 Å². The van der Waals surface area contributed by atoms with Gasteiger partial charge in [-0.25, -0.2) is 4.98 Å². The van der Waals surface area contributed by atoms with E-state index in [4.69, 9.17) is 4.98 Å². The predicted octanol–water partition coefficient (Wildman–Crippen LogP) is 6.74. The maximum absolute atomic E-state index is 13.7. The third kappa shape index (κ3) is 4.55. The standard InChI is InChI=1S/C29H26FN7OS/c30-25-9-8-24(39-25)21-14-32-15-23-26(21)35-28(34-23)27-20-11-17(6-7-22(20)36-37-27)18-10-19(13-31-12-18)33-29(38)16-4-2-1-3-5-16/h6-16,29,33,38H,1-5H2,(H,34,35)(H,36,37). The first-order valence-corrected chi connectivity index (χ1v) is 13.9. The molecule has 6 aromatic rings. The number of imidazole rings is 1. The van der Waals surface area contributed by atoms with Gasteiger partial charge < -0.3 is 15.4 Å². The van der Waals surface area contributed by atoms with Crippen molar-refractivity contribution in [1.29, 1.82) is 0 Å². The van der Waals surface area contributed by atoms with E-state index in [-0.39, 0.29) is 11.0 Å². The van der Waals surface area contributed by atoms with E-state index in [0.717, 1.165) is 67.9 Å². The number of nitrogens with zero attached hydrogens (tertiary/aromatic N) is 4. The number of rotatable bonds is 6. The molecule has 1 aliphatic carbocycles. The lowest BCUT2D eigenvalue weighted by Gasteiger charge is -2.27. The molecule has 0 radical (unpaired) electrons. The molecule has 1 aliphatic rings. The maximum atomic E-state index is 13.7. The van der Waals surface area contributed by atoms with E-state index >= 15 is 0 Å². The Morgan fingerprint density at radius 2 is 1.82 bits per heavy atom. The highest BCUT2D eigenvalue weighted by atomic mass is 32.1. The highest BCUT2D eigenvalue weighted by molar-refractivity contribution is 7.14. The first kappa shape index (κ1) is 23.9. The number of hydrogen-bond acceptors (Lipinski definition) is 7. The minimum Gasteiger partial charge on any atom is -0.374 e. The van der Waals surface area contributed by atoms with Gasteiger partial charge in [-0.3, -0.25) is 15.1 Å². The SMILES string of the molecule is OC(Nc1cncc(-c2ccc3[nH]nc(-c4nc5c(-c6ccc(F)s6)cncc5[nH]4)c3c2)c1)C1CCCCC1. The average molecular weight is 540 g/mol. The minimum absolute atomic E-state index is 0.249. The summed E-state index contributed by atoms with van der Waals surface area (Å²) in [4.78, 5) is 17.7. The Balaban J connectivity index is 1.22. The summed E-state index contributed by atoms with van der Waals surface area (Å²) in [5.41, 5.74) is 6.50. The number of aromatic amines is 2. The normalized spacial score (nSPS) is 15.2. The number of H-pyrrole nitrogens is 2. The summed E-state index contributed by atoms with van der Waals surface area (Å²) in [6, 6.07) is 11.3. The number of aromatic nitrogens is 6. The highest BCUT2D eigenvalue weighted by Crippen LogP contribution is 2.35. The number of aliphatic hydroxyl groups is 1. The fourth-order valence-corrected chi connectivity index (χ4v) is 6.22. The Labute approximate surface area is 227 Å². The van der Waals surface area contributed by atoms with E-state index < -0.39 is 6.23 Å². The van der Waals surface area contributed by atoms with Crippen molar-refractivity contribution in [3.05, 3.63) is 66.3 Å². The second-order valence-corrected chi connectivity index (χ2v) is 11.1. The third-order valence-corrected chi connectivity index (χ3v) is 8.41. The van der Waals surface area contributed by atoms with Gasteiger partial charge in [0.15, 0.2) is 11.0 Å². The van der Waals surface area contributed by atoms with Crippen LogP contribution in [0.5, 0.6) is 0 Å². The van der Waals surface area contributed by atoms with Crippen LogP contribution in [0.3, 0.4) is 0 Å². The van der Waals surface area contributed by atoms with Crippen LogP contribution in [0.1, 0.15) is 32.1 Å². The quantitative estimate of drug-likeness (QED) is 0.174. The summed E-state index contributed by atoms with van der Waals surface area (Å²) in [6.45, 7) is 0. The van der Waals surface area contributed by atoms with Crippen LogP contribution >= 0.6 is 11.3 Å². The van der Waals surface area contributed by atoms with Gasteiger partial charge in [0.05, 0.1) is 29.1 Å². The molecule has 0 bridgehead atoms. The average Bonchev–Trinajstić information content (AvgIpc) is 3.71. The first-order valence-electron chi connectivity index (χ1n) is 13.1. The molecule has 5 heterocycles. The van der Waals surface area contributed by atoms with Gasteiger partial charge in [-0.1, -0.05) is 25.3 Å². The third-order valence-electron chi connectivity index (χ3n) is 7.50. The van der Waals surface area contributed by atoms with Gasteiger partial charge in [0.1, 0.15) is 17.4 Å². The summed E-state index contributed by atoms with van der Waals surface area (Å²) >= 11 is 1.07. The highest BCUT2D eigenvalue weighted by Gasteiger charge is 2.22. The molecule has 8 nitrogen and oxygen atoms in total. The van der Waals surface area contributed by atoms with Crippen LogP contribution in [0.4, 0.5) is 10.1 Å². The predicted molar refractivity (Wildman–Crippen MR) is 152 cm³/mol. The zero-order valence-electron chi connectivity index (χ0n) is 21.0. The largest absolute Gasteiger partial charge is 0.374 e. The molecule has 39 heavy (non-hydrogen) atoms. The minimum atomic E-state index is -0.580. The van der Waals surface area contributed by atoms with Crippen LogP contribution in [0.2, 0.25) is 0 Å². The van der Waals surface area contributed by atoms with Crippen LogP contribution in [0, 0.1) is 11.0 Å². The Hall–Kier alpha value is -4.15. The van der Waals surface area contributed by atoms with Gasteiger partial charge >= 0.3 is 0 Å². The van der Waals surface area contributed by atoms with Gasteiger partial charge in [-0.15, -0.1) is 11.3 Å². The number of hydrogen-bond donors (Lipinski definition) is 4. The van der Waals surface area contributed by atoms with E-state index in [2.05, 4.69) is 36.5 Å². The van der Waals surface area contributed by atoms with Crippen LogP contribution in [0.25, 0.3) is 55.0 Å². The van der Waals surface area contributed by atoms with Gasteiger partial charge in [0, 0.05) is 39.7 Å². The monoisotopic (exact) mass is 539 g/mol. The van der Waals surface area contributed by atoms with E-state index in [1.54, 1.807) is 24.7 Å². The van der Waals surface area contributed by atoms with Crippen molar-refractivity contribution < 1.29 is 9.50 Å². The summed E-state index contributed by atoms with van der Waals surface area (Å²) < 4.78 is 13.7. The molecule has 0 amide bonds. The second-order valence-electron chi connectivity index (χ2n) is 10.1. The molecule has 1 unspecified atom stereocenters. The smallest absolute Gasteiger partial charge is 0.176 e. The van der Waals surface area contributed by atoms with Gasteiger partial charge in [0.2, 0.25) is 0 Å². The molecule has 4 N–H and O–H groups in total. The van der Waals surface area contributed by atoms with Crippen molar-refractivity contribution in [2.45, 2.75) is 38.3 Å². The van der Waals surface area contributed by atoms with Crippen molar-refractivity contribution in [1.82, 2.24) is 30.1 Å². The lowest BCUT2D eigenvalue weighted by atomic mass is 9.88. The van der Waals surface area contributed by atoms with E-state index in [1.165, 1.54) is 25.3 Å². The molecule has 196 valence electrons. The van der Waals surface area contributed by atoms with Gasteiger partial charge in [-0.2, -0.15) is 9.49 Å². The van der Waals surface area contributed by atoms with Gasteiger partial charge in [-0.05, 0) is 48.7 Å². The molecule has 0 saturated heterocycles. The Morgan fingerprint density at radius 3 is 2.67 bits per heavy atom. The number of nitrogens with one attached hydrogen (secondary N) is 3. The number of halogens is 1. The molecule has 1 saturated carbocycles. The van der Waals surface area contributed by atoms with Crippen LogP contribution in [-0.4, -0.2) is 41.5 Å². The number of thiophene rings is 1. The molecule has 1 fully saturated rings. The van der Waals surface area contributed by atoms with Crippen molar-refractivity contribution >= 4 is 39.0 Å². The number of pyridine rings is 2. The first-order chi connectivity index (χ1) is 19.1. The second kappa shape index (κ2) is 9.87. The Bertz CT molecular complexity index is 1790. The molecule has 7 rings (SSSR count). The fraction of sp³-hybridized carbons (Fsp3) is 0.241. The molecule has 10 heteroatoms. The summed E-state index contributed by atoms with van der Waals surface area (Å²) in [5, 5.41) is 22.3. The van der Waals surface area contributed by atoms with Crippen molar-refractivity contribution in [2.75, 3.05) is 5.32 Å². The Morgan fingerprint density at radius 1 is 0.949 bits per heavy atom. The van der Waals surface area contributed by atoms with E-state index in [9.17, 15) is 9.50 Å². The molecule has 0 spiro atoms. The number of aliphatic hydroxyl groups excluding tert-OH is 1. The van der Waals surface area contributed by atoms with Gasteiger partial charge in [0.25, 0.3) is 0 Å². The molecule has 1 aromatic carbocycles. The van der Waals surface area contributed by atoms with E-state index in [1.807, 2.05) is 24.4 Å². The molecule has 0 aliphatic heterocycles. The molecule has 1 atom stereocenters. The maximum Gasteiger partial charge on any atom is 0.176 e. The zero-order chi connectivity index (χ0) is 26.3. The summed E-state index contributed by atoms with van der Waals surface area (Å²) in [5.74, 6) is 0.870. The van der Waals surface area contributed by atoms with Crippen molar-refractivity contribution in [2.24, 2.45) is 5.92 Å². The van der Waals surface area contributed by atoms with Crippen LogP contribution in [0.15, 0.2) is 61.2 Å². The van der Waals surface area contributed by atoms with Crippen LogP contribution < -0.4 is 5.32 Å². The number of fused-ring (bicyclic) bond motifs is 2. The van der Waals surface area contributed by atoms with Crippen LogP contribution in [-0.2, 0) is 0 Å². The molecular formula is C29H26FN7OS. The zero-order valence-corrected chi connectivity index (χ0v) is 21.8. The van der Waals surface area contributed by atoms with Crippen molar-refractivity contribution in [3.8, 4) is 33.1 Å². The molecular weight excluding hydrogens is 513 g/mol. The lowest BCUT2D eigenvalue weighted by molar-refractivity contribution is 0.109. The lowest BCUT2D eigenvalue weighted by Crippen LogP contribution is -2.30. The molecule has 5 aromatic heterocycles. The topological polar surface area (TPSA) is 115 Å². The fourth-order valence-electron chi connectivity index (χ4n) is 5.47. The Kier molecular flexibility index (Phi) is 6.05. The summed E-state index contributed by atoms with van der Waals surface area (Å²) in [7, 11) is 0. The number of benzene rings is 1.